The molecule has 0 saturated heterocycles. The van der Waals surface area contributed by atoms with Gasteiger partial charge in [0.05, 0.1) is 0 Å². The molecule has 0 unspecified atom stereocenters. The summed E-state index contributed by atoms with van der Waals surface area (Å²) in [5.41, 5.74) is 0.951. The van der Waals surface area contributed by atoms with Crippen molar-refractivity contribution in [2.75, 3.05) is 0 Å². The second-order valence-corrected chi connectivity index (χ2v) is 3.99. The first kappa shape index (κ1) is 10.9. The summed E-state index contributed by atoms with van der Waals surface area (Å²) in [6.45, 7) is 0. The van der Waals surface area contributed by atoms with Crippen LogP contribution in [0.1, 0.15) is 12.0 Å². The number of halogens is 1. The minimum Gasteiger partial charge on any atom is -0.481 e. The fraction of sp³-hybridized carbons (Fsp3) is 0.167. The first-order valence-corrected chi connectivity index (χ1v) is 5.28. The number of hydrogen-bond acceptors (Lipinski definition) is 2. The third-order valence-electron chi connectivity index (χ3n) is 2.41. The molecule has 0 atom stereocenters. The van der Waals surface area contributed by atoms with Gasteiger partial charge in [-0.15, -0.1) is 0 Å². The van der Waals surface area contributed by atoms with Gasteiger partial charge in [0.2, 0.25) is 0 Å². The largest absolute Gasteiger partial charge is 0.481 e. The average molecular weight is 236 g/mol. The van der Waals surface area contributed by atoms with E-state index in [1.807, 2.05) is 18.2 Å². The second-order valence-electron chi connectivity index (χ2n) is 3.56. The van der Waals surface area contributed by atoms with Crippen LogP contribution in [0.25, 0.3) is 10.8 Å². The Labute approximate surface area is 97.7 Å². The maximum Gasteiger partial charge on any atom is 0.303 e. The van der Waals surface area contributed by atoms with Crippen LogP contribution in [-0.2, 0) is 11.2 Å². The highest BCUT2D eigenvalue weighted by atomic mass is 35.5. The number of aliphatic carboxylic acids is 1. The highest BCUT2D eigenvalue weighted by Crippen LogP contribution is 2.24. The SMILES string of the molecule is O=C(O)CCc1cc(Cl)cc2cnccc12. The molecular weight excluding hydrogens is 226 g/mol. The highest BCUT2D eigenvalue weighted by molar-refractivity contribution is 6.31. The van der Waals surface area contributed by atoms with Gasteiger partial charge < -0.3 is 5.11 Å². The number of hydrogen-bond donors (Lipinski definition) is 1. The zero-order valence-electron chi connectivity index (χ0n) is 8.48. The molecule has 82 valence electrons. The Balaban J connectivity index is 2.46. The Morgan fingerprint density at radius 2 is 2.25 bits per heavy atom. The van der Waals surface area contributed by atoms with E-state index in [0.717, 1.165) is 16.3 Å². The number of benzene rings is 1. The van der Waals surface area contributed by atoms with Crippen LogP contribution in [0.5, 0.6) is 0 Å². The van der Waals surface area contributed by atoms with Gasteiger partial charge >= 0.3 is 5.97 Å². The molecule has 0 aliphatic heterocycles. The van der Waals surface area contributed by atoms with Crippen LogP contribution in [0.15, 0.2) is 30.6 Å². The molecule has 0 fully saturated rings. The Morgan fingerprint density at radius 1 is 1.44 bits per heavy atom. The smallest absolute Gasteiger partial charge is 0.303 e. The van der Waals surface area contributed by atoms with Crippen LogP contribution in [0.4, 0.5) is 0 Å². The Bertz CT molecular complexity index is 540. The van der Waals surface area contributed by atoms with E-state index in [0.29, 0.717) is 11.4 Å². The lowest BCUT2D eigenvalue weighted by molar-refractivity contribution is -0.136. The second kappa shape index (κ2) is 4.49. The predicted molar refractivity (Wildman–Crippen MR) is 62.7 cm³/mol. The van der Waals surface area contributed by atoms with Crippen molar-refractivity contribution in [1.82, 2.24) is 4.98 Å². The van der Waals surface area contributed by atoms with E-state index < -0.39 is 5.97 Å². The molecule has 4 heteroatoms. The van der Waals surface area contributed by atoms with E-state index in [-0.39, 0.29) is 6.42 Å². The molecule has 0 aliphatic rings. The van der Waals surface area contributed by atoms with Gasteiger partial charge in [-0.25, -0.2) is 0 Å². The number of carboxylic acids is 1. The van der Waals surface area contributed by atoms with E-state index in [9.17, 15) is 4.79 Å². The molecular formula is C12H10ClNO2. The monoisotopic (exact) mass is 235 g/mol. The molecule has 0 amide bonds. The Kier molecular flexibility index (Phi) is 3.06. The van der Waals surface area contributed by atoms with Crippen LogP contribution in [0.3, 0.4) is 0 Å². The summed E-state index contributed by atoms with van der Waals surface area (Å²) in [5.74, 6) is -0.804. The number of fused-ring (bicyclic) bond motifs is 1. The molecule has 0 bridgehead atoms. The van der Waals surface area contributed by atoms with Crippen molar-refractivity contribution in [2.45, 2.75) is 12.8 Å². The highest BCUT2D eigenvalue weighted by Gasteiger charge is 2.05. The predicted octanol–water partition coefficient (Wildman–Crippen LogP) is 2.91. The van der Waals surface area contributed by atoms with Crippen molar-refractivity contribution in [2.24, 2.45) is 0 Å². The first-order chi connectivity index (χ1) is 7.66. The van der Waals surface area contributed by atoms with Crippen LogP contribution >= 0.6 is 11.6 Å². The van der Waals surface area contributed by atoms with Crippen molar-refractivity contribution < 1.29 is 9.90 Å². The molecule has 1 N–H and O–H groups in total. The number of carbonyl (C=O) groups is 1. The fourth-order valence-electron chi connectivity index (χ4n) is 1.70. The van der Waals surface area contributed by atoms with Gasteiger partial charge in [-0.05, 0) is 35.6 Å². The van der Waals surface area contributed by atoms with Gasteiger partial charge in [-0.2, -0.15) is 0 Å². The van der Waals surface area contributed by atoms with E-state index >= 15 is 0 Å². The van der Waals surface area contributed by atoms with E-state index in [1.165, 1.54) is 0 Å². The number of aryl methyl sites for hydroxylation is 1. The Morgan fingerprint density at radius 3 is 3.00 bits per heavy atom. The van der Waals surface area contributed by atoms with Gasteiger partial charge in [-0.1, -0.05) is 11.6 Å². The van der Waals surface area contributed by atoms with Gasteiger partial charge in [0, 0.05) is 29.2 Å². The molecule has 1 aromatic heterocycles. The summed E-state index contributed by atoms with van der Waals surface area (Å²) in [6, 6.07) is 5.52. The average Bonchev–Trinajstić information content (AvgIpc) is 2.25. The number of carboxylic acid groups (broad SMARTS) is 1. The maximum absolute atomic E-state index is 10.5. The van der Waals surface area contributed by atoms with Crippen LogP contribution in [0.2, 0.25) is 5.02 Å². The number of rotatable bonds is 3. The van der Waals surface area contributed by atoms with Crippen LogP contribution in [0, 0.1) is 0 Å². The maximum atomic E-state index is 10.5. The summed E-state index contributed by atoms with van der Waals surface area (Å²) >= 11 is 5.96. The molecule has 0 spiro atoms. The zero-order valence-corrected chi connectivity index (χ0v) is 9.24. The third-order valence-corrected chi connectivity index (χ3v) is 2.63. The molecule has 0 saturated carbocycles. The molecule has 3 nitrogen and oxygen atoms in total. The number of aromatic nitrogens is 1. The molecule has 2 aromatic rings. The topological polar surface area (TPSA) is 50.2 Å². The molecule has 16 heavy (non-hydrogen) atoms. The summed E-state index contributed by atoms with van der Waals surface area (Å²) in [5, 5.41) is 11.2. The molecule has 0 aliphatic carbocycles. The van der Waals surface area contributed by atoms with E-state index in [2.05, 4.69) is 4.98 Å². The van der Waals surface area contributed by atoms with E-state index in [1.54, 1.807) is 12.4 Å². The number of nitrogens with zero attached hydrogens (tertiary/aromatic N) is 1. The van der Waals surface area contributed by atoms with Gasteiger partial charge in [0.15, 0.2) is 0 Å². The lowest BCUT2D eigenvalue weighted by atomic mass is 10.0. The van der Waals surface area contributed by atoms with Crippen molar-refractivity contribution in [3.05, 3.63) is 41.2 Å². The summed E-state index contributed by atoms with van der Waals surface area (Å²) in [6.07, 6.45) is 4.01. The minimum absolute atomic E-state index is 0.109. The fourth-order valence-corrected chi connectivity index (χ4v) is 1.95. The quantitative estimate of drug-likeness (QED) is 0.890. The minimum atomic E-state index is -0.804. The molecule has 1 heterocycles. The molecule has 0 radical (unpaired) electrons. The van der Waals surface area contributed by atoms with Gasteiger partial charge in [0.1, 0.15) is 0 Å². The third kappa shape index (κ3) is 2.31. The zero-order chi connectivity index (χ0) is 11.5. The lowest BCUT2D eigenvalue weighted by Crippen LogP contribution is -1.98. The standard InChI is InChI=1S/C12H10ClNO2/c13-10-5-8(1-2-12(15)16)11-3-4-14-7-9(11)6-10/h3-7H,1-2H2,(H,15,16). The van der Waals surface area contributed by atoms with E-state index in [4.69, 9.17) is 16.7 Å². The van der Waals surface area contributed by atoms with Crippen LogP contribution < -0.4 is 0 Å². The first-order valence-electron chi connectivity index (χ1n) is 4.91. The Hall–Kier alpha value is -1.61. The summed E-state index contributed by atoms with van der Waals surface area (Å²) in [7, 11) is 0. The number of pyridine rings is 1. The lowest BCUT2D eigenvalue weighted by Gasteiger charge is -2.05. The van der Waals surface area contributed by atoms with Crippen molar-refractivity contribution >= 4 is 28.3 Å². The van der Waals surface area contributed by atoms with Gasteiger partial charge in [-0.3, -0.25) is 9.78 Å². The van der Waals surface area contributed by atoms with Gasteiger partial charge in [0.25, 0.3) is 0 Å². The summed E-state index contributed by atoms with van der Waals surface area (Å²) < 4.78 is 0. The van der Waals surface area contributed by atoms with Crippen molar-refractivity contribution in [1.29, 1.82) is 0 Å². The van der Waals surface area contributed by atoms with Crippen molar-refractivity contribution in [3.63, 3.8) is 0 Å². The molecule has 2 rings (SSSR count). The molecule has 1 aromatic carbocycles. The normalized spacial score (nSPS) is 10.6. The summed E-state index contributed by atoms with van der Waals surface area (Å²) in [4.78, 5) is 14.6. The van der Waals surface area contributed by atoms with Crippen molar-refractivity contribution in [3.8, 4) is 0 Å². The van der Waals surface area contributed by atoms with Crippen LogP contribution in [-0.4, -0.2) is 16.1 Å².